The smallest absolute Gasteiger partial charge is 0.274 e. The molecule has 0 aromatic heterocycles. The number of hydrogen-bond donors (Lipinski definition) is 1. The van der Waals surface area contributed by atoms with E-state index in [1.807, 2.05) is 4.90 Å². The number of fused-ring (bicyclic) bond motifs is 7. The van der Waals surface area contributed by atoms with E-state index >= 15 is 0 Å². The number of anilines is 2. The van der Waals surface area contributed by atoms with E-state index in [4.69, 9.17) is 4.74 Å². The van der Waals surface area contributed by atoms with Gasteiger partial charge in [-0.15, -0.1) is 0 Å². The van der Waals surface area contributed by atoms with Crippen LogP contribution in [0.3, 0.4) is 0 Å². The van der Waals surface area contributed by atoms with Crippen LogP contribution in [0.15, 0.2) is 36.4 Å². The van der Waals surface area contributed by atoms with Gasteiger partial charge in [0.1, 0.15) is 11.3 Å². The van der Waals surface area contributed by atoms with Gasteiger partial charge in [-0.25, -0.2) is 4.90 Å². The van der Waals surface area contributed by atoms with Crippen LogP contribution < -0.4 is 15.0 Å². The van der Waals surface area contributed by atoms with Gasteiger partial charge in [0.25, 0.3) is 5.69 Å². The van der Waals surface area contributed by atoms with Gasteiger partial charge in [0.05, 0.1) is 29.6 Å². The number of nitrogens with zero attached hydrogens (tertiary/aromatic N) is 3. The number of nitro groups is 1. The molecule has 4 aliphatic rings. The van der Waals surface area contributed by atoms with Crippen LogP contribution in [0, 0.1) is 28.9 Å². The number of benzene rings is 2. The molecule has 1 spiro atoms. The van der Waals surface area contributed by atoms with Crippen molar-refractivity contribution in [2.24, 2.45) is 11.8 Å². The molecule has 0 unspecified atom stereocenters. The lowest BCUT2D eigenvalue weighted by Crippen LogP contribution is -2.54. The van der Waals surface area contributed by atoms with Crippen molar-refractivity contribution in [3.8, 4) is 5.75 Å². The molecular weight excluding hydrogens is 440 g/mol. The Morgan fingerprint density at radius 3 is 2.68 bits per heavy atom. The van der Waals surface area contributed by atoms with Crippen LogP contribution in [0.4, 0.5) is 17.1 Å². The van der Waals surface area contributed by atoms with Crippen LogP contribution in [-0.4, -0.2) is 47.2 Å². The molecule has 0 aliphatic carbocycles. The minimum absolute atomic E-state index is 0.158. The highest BCUT2D eigenvalue weighted by Gasteiger charge is 2.74. The maximum absolute atomic E-state index is 14.0. The summed E-state index contributed by atoms with van der Waals surface area (Å²) in [5.74, 6) is -2.33. The van der Waals surface area contributed by atoms with Gasteiger partial charge in [-0.1, -0.05) is 6.07 Å². The lowest BCUT2D eigenvalue weighted by Gasteiger charge is -2.36. The first-order valence-corrected chi connectivity index (χ1v) is 11.2. The van der Waals surface area contributed by atoms with E-state index in [1.165, 1.54) is 19.2 Å². The fourth-order valence-electron chi connectivity index (χ4n) is 6.50. The lowest BCUT2D eigenvalue weighted by atomic mass is 9.75. The van der Waals surface area contributed by atoms with Crippen LogP contribution in [0.5, 0.6) is 5.75 Å². The lowest BCUT2D eigenvalue weighted by molar-refractivity contribution is -0.385. The Morgan fingerprint density at radius 2 is 1.94 bits per heavy atom. The molecule has 174 valence electrons. The molecule has 3 amide bonds. The third kappa shape index (κ3) is 2.35. The van der Waals surface area contributed by atoms with Crippen molar-refractivity contribution in [2.45, 2.75) is 31.3 Å². The maximum Gasteiger partial charge on any atom is 0.274 e. The Balaban J connectivity index is 1.53. The molecule has 3 saturated heterocycles. The first-order valence-electron chi connectivity index (χ1n) is 11.2. The minimum atomic E-state index is -1.33. The molecule has 3 fully saturated rings. The molecule has 4 heterocycles. The monoisotopic (exact) mass is 462 g/mol. The molecule has 1 N–H and O–H groups in total. The average Bonchev–Trinajstić information content (AvgIpc) is 3.52. The number of carbonyl (C=O) groups is 3. The molecule has 10 heteroatoms. The molecule has 2 aromatic rings. The topological polar surface area (TPSA) is 122 Å². The van der Waals surface area contributed by atoms with Gasteiger partial charge in [-0.05, 0) is 50.6 Å². The van der Waals surface area contributed by atoms with E-state index in [-0.39, 0.29) is 23.3 Å². The molecule has 4 aliphatic heterocycles. The second-order valence-corrected chi connectivity index (χ2v) is 9.28. The summed E-state index contributed by atoms with van der Waals surface area (Å²) >= 11 is 0. The van der Waals surface area contributed by atoms with Gasteiger partial charge in [-0.3, -0.25) is 29.4 Å². The van der Waals surface area contributed by atoms with Crippen LogP contribution in [-0.2, 0) is 19.9 Å². The molecule has 4 atom stereocenters. The number of hydrogen-bond acceptors (Lipinski definition) is 7. The van der Waals surface area contributed by atoms with Crippen LogP contribution in [0.25, 0.3) is 0 Å². The average molecular weight is 462 g/mol. The fraction of sp³-hybridized carbons (Fsp3) is 0.375. The predicted octanol–water partition coefficient (Wildman–Crippen LogP) is 2.34. The number of imide groups is 1. The minimum Gasteiger partial charge on any atom is -0.497 e. The summed E-state index contributed by atoms with van der Waals surface area (Å²) in [6.45, 7) is 2.20. The van der Waals surface area contributed by atoms with Crippen molar-refractivity contribution in [2.75, 3.05) is 23.9 Å². The summed E-state index contributed by atoms with van der Waals surface area (Å²) in [5.41, 5.74) is 0.332. The van der Waals surface area contributed by atoms with Crippen molar-refractivity contribution in [3.05, 3.63) is 57.6 Å². The van der Waals surface area contributed by atoms with Crippen molar-refractivity contribution in [1.29, 1.82) is 0 Å². The highest BCUT2D eigenvalue weighted by Crippen LogP contribution is 2.61. The molecule has 6 rings (SSSR count). The van der Waals surface area contributed by atoms with E-state index in [1.54, 1.807) is 31.2 Å². The number of amides is 3. The summed E-state index contributed by atoms with van der Waals surface area (Å²) in [5, 5.41) is 14.4. The molecular formula is C24H22N4O6. The molecule has 0 bridgehead atoms. The summed E-state index contributed by atoms with van der Waals surface area (Å²) in [4.78, 5) is 55.4. The highest BCUT2D eigenvalue weighted by molar-refractivity contribution is 6.26. The van der Waals surface area contributed by atoms with Gasteiger partial charge in [0.15, 0.2) is 0 Å². The first kappa shape index (κ1) is 20.8. The Labute approximate surface area is 194 Å². The summed E-state index contributed by atoms with van der Waals surface area (Å²) in [6, 6.07) is 9.33. The fourth-order valence-corrected chi connectivity index (χ4v) is 6.50. The van der Waals surface area contributed by atoms with Crippen molar-refractivity contribution >= 4 is 34.8 Å². The quantitative estimate of drug-likeness (QED) is 0.422. The Kier molecular flexibility index (Phi) is 4.20. The molecule has 34 heavy (non-hydrogen) atoms. The van der Waals surface area contributed by atoms with Crippen LogP contribution in [0.1, 0.15) is 24.0 Å². The SMILES string of the molecule is COc1ccc2c(c1)[C@]1(C(=O)N2)[C@@H]2C(=O)N(c3ccc(C)c([N+](=O)[O-])c3)C(=O)[C@H]2[C@H]2CCCN21. The largest absolute Gasteiger partial charge is 0.497 e. The summed E-state index contributed by atoms with van der Waals surface area (Å²) in [6.07, 6.45) is 1.50. The summed E-state index contributed by atoms with van der Waals surface area (Å²) in [7, 11) is 1.53. The zero-order chi connectivity index (χ0) is 23.9. The van der Waals surface area contributed by atoms with E-state index in [0.29, 0.717) is 35.5 Å². The molecule has 0 radical (unpaired) electrons. The van der Waals surface area contributed by atoms with Crippen LogP contribution in [0.2, 0.25) is 0 Å². The van der Waals surface area contributed by atoms with Crippen molar-refractivity contribution in [3.63, 3.8) is 0 Å². The van der Waals surface area contributed by atoms with E-state index in [2.05, 4.69) is 5.32 Å². The zero-order valence-electron chi connectivity index (χ0n) is 18.6. The molecule has 10 nitrogen and oxygen atoms in total. The first-order chi connectivity index (χ1) is 16.3. The van der Waals surface area contributed by atoms with Gasteiger partial charge in [0, 0.05) is 28.9 Å². The second-order valence-electron chi connectivity index (χ2n) is 9.28. The second kappa shape index (κ2) is 6.86. The third-order valence-corrected chi connectivity index (χ3v) is 7.85. The molecule has 2 aromatic carbocycles. The maximum atomic E-state index is 14.0. The highest BCUT2D eigenvalue weighted by atomic mass is 16.6. The van der Waals surface area contributed by atoms with Gasteiger partial charge < -0.3 is 10.1 Å². The van der Waals surface area contributed by atoms with E-state index in [9.17, 15) is 24.5 Å². The Morgan fingerprint density at radius 1 is 1.15 bits per heavy atom. The predicted molar refractivity (Wildman–Crippen MR) is 120 cm³/mol. The number of methoxy groups -OCH3 is 1. The number of nitrogens with one attached hydrogen (secondary N) is 1. The van der Waals surface area contributed by atoms with Gasteiger partial charge in [0.2, 0.25) is 17.7 Å². The Bertz CT molecular complexity index is 1310. The number of rotatable bonds is 3. The number of ether oxygens (including phenoxy) is 1. The Hall–Kier alpha value is -3.79. The van der Waals surface area contributed by atoms with Crippen LogP contribution >= 0.6 is 0 Å². The van der Waals surface area contributed by atoms with E-state index < -0.39 is 34.1 Å². The number of carbonyl (C=O) groups excluding carboxylic acids is 3. The molecule has 0 saturated carbocycles. The van der Waals surface area contributed by atoms with E-state index in [0.717, 1.165) is 11.3 Å². The van der Waals surface area contributed by atoms with Gasteiger partial charge >= 0.3 is 0 Å². The number of aryl methyl sites for hydroxylation is 1. The normalized spacial score (nSPS) is 29.4. The number of nitro benzene ring substituents is 1. The van der Waals surface area contributed by atoms with Gasteiger partial charge in [-0.2, -0.15) is 0 Å². The third-order valence-electron chi connectivity index (χ3n) is 7.85. The van der Waals surface area contributed by atoms with Crippen molar-refractivity contribution < 1.29 is 24.0 Å². The summed E-state index contributed by atoms with van der Waals surface area (Å²) < 4.78 is 5.40. The van der Waals surface area contributed by atoms with Crippen molar-refractivity contribution in [1.82, 2.24) is 4.90 Å². The zero-order valence-corrected chi connectivity index (χ0v) is 18.6. The standard InChI is InChI=1S/C24H22N4O6/c1-12-5-6-13(10-18(12)28(32)33)27-21(29)19-17-4-3-9-26(17)24(20(19)22(27)30)15-11-14(34-2)7-8-16(15)25-23(24)31/h5-8,10-11,17,19-20H,3-4,9H2,1-2H3,(H,25,31)/t17-,19+,20+,24-/m1/s1.